The third-order valence-electron chi connectivity index (χ3n) is 4.98. The fraction of sp³-hybridized carbons (Fsp3) is 0.750. The van der Waals surface area contributed by atoms with E-state index in [0.29, 0.717) is 11.5 Å². The van der Waals surface area contributed by atoms with Crippen LogP contribution in [0.5, 0.6) is 0 Å². The summed E-state index contributed by atoms with van der Waals surface area (Å²) in [4.78, 5) is 12.5. The lowest BCUT2D eigenvalue weighted by Crippen LogP contribution is -2.36. The molecule has 128 valence electrons. The van der Waals surface area contributed by atoms with E-state index in [1.807, 2.05) is 4.68 Å². The van der Waals surface area contributed by atoms with Gasteiger partial charge < -0.3 is 0 Å². The first-order valence-corrected chi connectivity index (χ1v) is 10.2. The van der Waals surface area contributed by atoms with Crippen LogP contribution in [0.2, 0.25) is 0 Å². The van der Waals surface area contributed by atoms with Crippen LogP contribution >= 0.6 is 0 Å². The molecule has 0 bridgehead atoms. The minimum absolute atomic E-state index is 0.0526. The van der Waals surface area contributed by atoms with Crippen LogP contribution < -0.4 is 4.72 Å². The molecule has 0 unspecified atom stereocenters. The van der Waals surface area contributed by atoms with E-state index in [4.69, 9.17) is 0 Å². The van der Waals surface area contributed by atoms with Gasteiger partial charge in [0, 0.05) is 12.0 Å². The van der Waals surface area contributed by atoms with E-state index in [1.165, 1.54) is 6.20 Å². The molecule has 3 rings (SSSR count). The quantitative estimate of drug-likeness (QED) is 0.828. The van der Waals surface area contributed by atoms with Crippen molar-refractivity contribution in [1.82, 2.24) is 14.5 Å². The molecule has 1 atom stereocenters. The molecule has 23 heavy (non-hydrogen) atoms. The van der Waals surface area contributed by atoms with E-state index >= 15 is 0 Å². The molecule has 0 aliphatic heterocycles. The van der Waals surface area contributed by atoms with E-state index in [2.05, 4.69) is 23.7 Å². The highest BCUT2D eigenvalue weighted by Crippen LogP contribution is 2.42. The van der Waals surface area contributed by atoms with Crippen molar-refractivity contribution in [2.24, 2.45) is 5.92 Å². The predicted molar refractivity (Wildman–Crippen MR) is 87.8 cm³/mol. The predicted octanol–water partition coefficient (Wildman–Crippen LogP) is 2.59. The summed E-state index contributed by atoms with van der Waals surface area (Å²) in [5.41, 5.74) is 1.32. The summed E-state index contributed by atoms with van der Waals surface area (Å²) in [7, 11) is -3.56. The van der Waals surface area contributed by atoms with E-state index in [1.54, 1.807) is 0 Å². The molecule has 0 spiro atoms. The number of rotatable bonds is 7. The van der Waals surface area contributed by atoms with Crippen molar-refractivity contribution in [3.05, 3.63) is 17.5 Å². The van der Waals surface area contributed by atoms with Crippen LogP contribution in [0.25, 0.3) is 0 Å². The number of sulfonamides is 1. The van der Waals surface area contributed by atoms with Crippen molar-refractivity contribution < 1.29 is 13.2 Å². The van der Waals surface area contributed by atoms with Gasteiger partial charge in [-0.15, -0.1) is 0 Å². The zero-order valence-corrected chi connectivity index (χ0v) is 14.6. The Morgan fingerprint density at radius 3 is 2.61 bits per heavy atom. The first-order chi connectivity index (χ1) is 10.9. The molecule has 0 aromatic carbocycles. The third kappa shape index (κ3) is 3.59. The van der Waals surface area contributed by atoms with Gasteiger partial charge in [-0.2, -0.15) is 5.10 Å². The van der Waals surface area contributed by atoms with Gasteiger partial charge in [-0.1, -0.05) is 13.3 Å². The van der Waals surface area contributed by atoms with Gasteiger partial charge in [-0.3, -0.25) is 9.48 Å². The standard InChI is InChI=1S/C16H25N3O3S/c1-3-11(2)19-15(13-7-8-13)14(9-17-19)16(20)18-23(21,22)10-12-5-4-6-12/h9,11-13H,3-8,10H2,1-2H3,(H,18,20)/t11-/m0/s1. The smallest absolute Gasteiger partial charge is 0.268 e. The highest BCUT2D eigenvalue weighted by molar-refractivity contribution is 7.90. The summed E-state index contributed by atoms with van der Waals surface area (Å²) in [6.07, 6.45) is 7.48. The Bertz CT molecular complexity index is 687. The second-order valence-corrected chi connectivity index (χ2v) is 8.70. The molecular formula is C16H25N3O3S. The number of hydrogen-bond donors (Lipinski definition) is 1. The Morgan fingerprint density at radius 1 is 1.39 bits per heavy atom. The fourth-order valence-electron chi connectivity index (χ4n) is 3.04. The maximum absolute atomic E-state index is 12.5. The average molecular weight is 339 g/mol. The molecule has 1 heterocycles. The molecule has 2 aliphatic carbocycles. The highest BCUT2D eigenvalue weighted by Gasteiger charge is 2.34. The number of aromatic nitrogens is 2. The molecule has 2 saturated carbocycles. The largest absolute Gasteiger partial charge is 0.268 e. The minimum atomic E-state index is -3.56. The number of carbonyl (C=O) groups is 1. The molecule has 2 fully saturated rings. The van der Waals surface area contributed by atoms with Gasteiger partial charge in [0.25, 0.3) is 5.91 Å². The van der Waals surface area contributed by atoms with Crippen LogP contribution in [0, 0.1) is 5.92 Å². The summed E-state index contributed by atoms with van der Waals surface area (Å²) < 4.78 is 28.4. The Morgan fingerprint density at radius 2 is 2.09 bits per heavy atom. The van der Waals surface area contributed by atoms with Gasteiger partial charge >= 0.3 is 0 Å². The van der Waals surface area contributed by atoms with Gasteiger partial charge in [-0.25, -0.2) is 13.1 Å². The normalized spacial score (nSPS) is 20.1. The number of hydrogen-bond acceptors (Lipinski definition) is 4. The number of carbonyl (C=O) groups excluding carboxylic acids is 1. The summed E-state index contributed by atoms with van der Waals surface area (Å²) in [6, 6.07) is 0.207. The number of amides is 1. The molecule has 1 N–H and O–H groups in total. The lowest BCUT2D eigenvalue weighted by atomic mass is 9.87. The highest BCUT2D eigenvalue weighted by atomic mass is 32.2. The molecule has 7 heteroatoms. The Labute approximate surface area is 137 Å². The zero-order chi connectivity index (χ0) is 16.6. The van der Waals surface area contributed by atoms with E-state index in [0.717, 1.165) is 44.2 Å². The zero-order valence-electron chi connectivity index (χ0n) is 13.8. The maximum atomic E-state index is 12.5. The fourth-order valence-corrected chi connectivity index (χ4v) is 4.47. The maximum Gasteiger partial charge on any atom is 0.268 e. The van der Waals surface area contributed by atoms with Gasteiger partial charge in [0.05, 0.1) is 23.2 Å². The molecular weight excluding hydrogens is 314 g/mol. The van der Waals surface area contributed by atoms with Crippen LogP contribution in [0.1, 0.15) is 80.4 Å². The summed E-state index contributed by atoms with van der Waals surface area (Å²) in [6.45, 7) is 4.14. The molecule has 6 nitrogen and oxygen atoms in total. The van der Waals surface area contributed by atoms with E-state index in [-0.39, 0.29) is 17.7 Å². The second kappa shape index (κ2) is 6.26. The van der Waals surface area contributed by atoms with Crippen molar-refractivity contribution in [2.45, 2.75) is 64.3 Å². The van der Waals surface area contributed by atoms with E-state index < -0.39 is 15.9 Å². The topological polar surface area (TPSA) is 81.1 Å². The molecule has 1 amide bonds. The Hall–Kier alpha value is -1.37. The summed E-state index contributed by atoms with van der Waals surface area (Å²) in [5.74, 6) is 0.0604. The van der Waals surface area contributed by atoms with Crippen LogP contribution in [0.3, 0.4) is 0 Å². The van der Waals surface area contributed by atoms with E-state index in [9.17, 15) is 13.2 Å². The SMILES string of the molecule is CC[C@H](C)n1ncc(C(=O)NS(=O)(=O)CC2CCC2)c1C1CC1. The number of nitrogens with zero attached hydrogens (tertiary/aromatic N) is 2. The monoisotopic (exact) mass is 339 g/mol. The van der Waals surface area contributed by atoms with Crippen molar-refractivity contribution in [3.63, 3.8) is 0 Å². The van der Waals surface area contributed by atoms with Crippen LogP contribution in [0.15, 0.2) is 6.20 Å². The van der Waals surface area contributed by atoms with Crippen molar-refractivity contribution in [2.75, 3.05) is 5.75 Å². The first kappa shape index (κ1) is 16.5. The van der Waals surface area contributed by atoms with Crippen LogP contribution in [-0.2, 0) is 10.0 Å². The Kier molecular flexibility index (Phi) is 4.49. The second-order valence-electron chi connectivity index (χ2n) is 6.93. The van der Waals surface area contributed by atoms with Gasteiger partial charge in [0.1, 0.15) is 0 Å². The van der Waals surface area contributed by atoms with Crippen molar-refractivity contribution >= 4 is 15.9 Å². The first-order valence-electron chi connectivity index (χ1n) is 8.53. The van der Waals surface area contributed by atoms with Gasteiger partial charge in [0.2, 0.25) is 10.0 Å². The lowest BCUT2D eigenvalue weighted by Gasteiger charge is -2.24. The molecule has 2 aliphatic rings. The third-order valence-corrected chi connectivity index (χ3v) is 6.39. The van der Waals surface area contributed by atoms with Crippen LogP contribution in [-0.4, -0.2) is 29.9 Å². The van der Waals surface area contributed by atoms with Crippen LogP contribution in [0.4, 0.5) is 0 Å². The molecule has 0 saturated heterocycles. The number of nitrogens with one attached hydrogen (secondary N) is 1. The molecule has 1 aromatic rings. The summed E-state index contributed by atoms with van der Waals surface area (Å²) >= 11 is 0. The minimum Gasteiger partial charge on any atom is -0.268 e. The van der Waals surface area contributed by atoms with Crippen molar-refractivity contribution in [1.29, 1.82) is 0 Å². The van der Waals surface area contributed by atoms with Gasteiger partial charge in [-0.05, 0) is 44.9 Å². The average Bonchev–Trinajstić information content (AvgIpc) is 3.20. The summed E-state index contributed by atoms with van der Waals surface area (Å²) in [5, 5.41) is 4.35. The van der Waals surface area contributed by atoms with Crippen molar-refractivity contribution in [3.8, 4) is 0 Å². The van der Waals surface area contributed by atoms with Gasteiger partial charge in [0.15, 0.2) is 0 Å². The lowest BCUT2D eigenvalue weighted by molar-refractivity contribution is 0.0980. The molecule has 0 radical (unpaired) electrons. The molecule has 1 aromatic heterocycles. The Balaban J connectivity index is 1.78.